The van der Waals surface area contributed by atoms with E-state index in [0.717, 1.165) is 37.4 Å². The van der Waals surface area contributed by atoms with E-state index in [-0.39, 0.29) is 5.41 Å². The third-order valence-electron chi connectivity index (χ3n) is 5.70. The summed E-state index contributed by atoms with van der Waals surface area (Å²) in [6.07, 6.45) is 8.96. The summed E-state index contributed by atoms with van der Waals surface area (Å²) in [5.41, 5.74) is -0.332. The monoisotopic (exact) mass is 320 g/mol. The molecule has 1 nitrogen and oxygen atoms in total. The number of halogens is 2. The lowest BCUT2D eigenvalue weighted by atomic mass is 9.67. The lowest BCUT2D eigenvalue weighted by Gasteiger charge is -2.42. The first kappa shape index (κ1) is 18.3. The predicted molar refractivity (Wildman–Crippen MR) is 88.4 cm³/mol. The molecular formula is C17H30Cl2O. The molecule has 0 saturated heterocycles. The standard InChI is InChI=1S/C17H30Cl2O/c1-5-14(15-9-7-13(3)8-10-15)11-16(4,6-2)17(18,19)12-20/h12-15H,5-11H2,1-4H3. The van der Waals surface area contributed by atoms with E-state index in [1.807, 2.05) is 0 Å². The van der Waals surface area contributed by atoms with Crippen molar-refractivity contribution >= 4 is 29.5 Å². The molecule has 1 saturated carbocycles. The molecule has 0 heterocycles. The van der Waals surface area contributed by atoms with E-state index in [9.17, 15) is 4.79 Å². The van der Waals surface area contributed by atoms with E-state index in [1.165, 1.54) is 25.7 Å². The Morgan fingerprint density at radius 2 is 1.75 bits per heavy atom. The first-order valence-electron chi connectivity index (χ1n) is 8.13. The SMILES string of the molecule is CCC(CC(C)(CC)C(Cl)(Cl)C=O)C1CCC(C)CC1. The Bertz CT molecular complexity index is 308. The molecule has 20 heavy (non-hydrogen) atoms. The summed E-state index contributed by atoms with van der Waals surface area (Å²) in [6.45, 7) is 8.75. The maximum absolute atomic E-state index is 11.3. The summed E-state index contributed by atoms with van der Waals surface area (Å²) in [5, 5.41) is 0. The Balaban J connectivity index is 2.77. The van der Waals surface area contributed by atoms with Crippen molar-refractivity contribution in [2.75, 3.05) is 0 Å². The zero-order chi connectivity index (χ0) is 15.4. The van der Waals surface area contributed by atoms with Gasteiger partial charge in [-0.15, -0.1) is 0 Å². The molecule has 1 aliphatic carbocycles. The number of hydrogen-bond acceptors (Lipinski definition) is 1. The smallest absolute Gasteiger partial charge is 0.178 e. The third kappa shape index (κ3) is 4.13. The van der Waals surface area contributed by atoms with Crippen LogP contribution in [0.3, 0.4) is 0 Å². The van der Waals surface area contributed by atoms with E-state index in [0.29, 0.717) is 5.92 Å². The summed E-state index contributed by atoms with van der Waals surface area (Å²) >= 11 is 12.6. The van der Waals surface area contributed by atoms with Gasteiger partial charge in [0.2, 0.25) is 0 Å². The zero-order valence-corrected chi connectivity index (χ0v) is 14.9. The molecule has 0 aliphatic heterocycles. The van der Waals surface area contributed by atoms with E-state index in [4.69, 9.17) is 23.2 Å². The Labute approximate surface area is 134 Å². The zero-order valence-electron chi connectivity index (χ0n) is 13.4. The fourth-order valence-electron chi connectivity index (χ4n) is 3.64. The van der Waals surface area contributed by atoms with Gasteiger partial charge in [-0.1, -0.05) is 70.2 Å². The highest BCUT2D eigenvalue weighted by atomic mass is 35.5. The first-order valence-corrected chi connectivity index (χ1v) is 8.89. The summed E-state index contributed by atoms with van der Waals surface area (Å²) < 4.78 is -1.27. The van der Waals surface area contributed by atoms with Crippen molar-refractivity contribution in [2.24, 2.45) is 23.2 Å². The van der Waals surface area contributed by atoms with Crippen molar-refractivity contribution in [2.45, 2.75) is 77.0 Å². The normalized spacial score (nSPS) is 28.7. The highest BCUT2D eigenvalue weighted by Crippen LogP contribution is 2.49. The van der Waals surface area contributed by atoms with Gasteiger partial charge in [0.25, 0.3) is 0 Å². The summed E-state index contributed by atoms with van der Waals surface area (Å²) in [4.78, 5) is 11.3. The third-order valence-corrected chi connectivity index (χ3v) is 6.79. The Hall–Kier alpha value is 0.250. The van der Waals surface area contributed by atoms with Crippen LogP contribution in [0.2, 0.25) is 0 Å². The minimum absolute atomic E-state index is 0.332. The van der Waals surface area contributed by atoms with Gasteiger partial charge in [-0.2, -0.15) is 0 Å². The fraction of sp³-hybridized carbons (Fsp3) is 0.941. The number of carbonyl (C=O) groups excluding carboxylic acids is 1. The molecule has 3 heteroatoms. The van der Waals surface area contributed by atoms with E-state index >= 15 is 0 Å². The lowest BCUT2D eigenvalue weighted by molar-refractivity contribution is -0.111. The molecule has 0 spiro atoms. The van der Waals surface area contributed by atoms with Gasteiger partial charge in [0, 0.05) is 5.41 Å². The molecule has 1 aliphatic rings. The van der Waals surface area contributed by atoms with Crippen LogP contribution in [-0.4, -0.2) is 10.6 Å². The number of alkyl halides is 2. The summed E-state index contributed by atoms with van der Waals surface area (Å²) in [7, 11) is 0. The molecule has 118 valence electrons. The van der Waals surface area contributed by atoms with Crippen LogP contribution in [0, 0.1) is 23.2 Å². The van der Waals surface area contributed by atoms with Crippen molar-refractivity contribution in [1.82, 2.24) is 0 Å². The lowest BCUT2D eigenvalue weighted by Crippen LogP contribution is -2.40. The van der Waals surface area contributed by atoms with Gasteiger partial charge < -0.3 is 0 Å². The average molecular weight is 321 g/mol. The molecule has 0 aromatic heterocycles. The molecule has 0 amide bonds. The Kier molecular flexibility index (Phi) is 6.86. The molecule has 1 fully saturated rings. The van der Waals surface area contributed by atoms with Crippen LogP contribution in [0.25, 0.3) is 0 Å². The summed E-state index contributed by atoms with van der Waals surface area (Å²) in [6, 6.07) is 0. The molecular weight excluding hydrogens is 291 g/mol. The van der Waals surface area contributed by atoms with Crippen LogP contribution in [0.1, 0.15) is 72.6 Å². The van der Waals surface area contributed by atoms with Crippen LogP contribution < -0.4 is 0 Å². The average Bonchev–Trinajstić information content (AvgIpc) is 2.45. The second-order valence-electron chi connectivity index (χ2n) is 7.05. The molecule has 0 radical (unpaired) electrons. The number of carbonyl (C=O) groups is 1. The van der Waals surface area contributed by atoms with Gasteiger partial charge in [-0.3, -0.25) is 4.79 Å². The quantitative estimate of drug-likeness (QED) is 0.414. The largest absolute Gasteiger partial charge is 0.300 e. The minimum atomic E-state index is -1.27. The maximum Gasteiger partial charge on any atom is 0.178 e. The van der Waals surface area contributed by atoms with Gasteiger partial charge in [-0.25, -0.2) is 0 Å². The maximum atomic E-state index is 11.3. The highest BCUT2D eigenvalue weighted by Gasteiger charge is 2.46. The van der Waals surface area contributed by atoms with Crippen molar-refractivity contribution < 1.29 is 4.79 Å². The summed E-state index contributed by atoms with van der Waals surface area (Å²) in [5.74, 6) is 2.28. The topological polar surface area (TPSA) is 17.1 Å². The van der Waals surface area contributed by atoms with E-state index in [2.05, 4.69) is 27.7 Å². The van der Waals surface area contributed by atoms with Crippen LogP contribution in [-0.2, 0) is 4.79 Å². The fourth-order valence-corrected chi connectivity index (χ4v) is 4.06. The molecule has 0 N–H and O–H groups in total. The molecule has 2 atom stereocenters. The van der Waals surface area contributed by atoms with Crippen molar-refractivity contribution in [3.63, 3.8) is 0 Å². The van der Waals surface area contributed by atoms with Crippen LogP contribution in [0.15, 0.2) is 0 Å². The van der Waals surface area contributed by atoms with Gasteiger partial charge in [0.15, 0.2) is 10.6 Å². The second kappa shape index (κ2) is 7.49. The van der Waals surface area contributed by atoms with Crippen LogP contribution in [0.4, 0.5) is 0 Å². The predicted octanol–water partition coefficient (Wildman–Crippen LogP) is 6.02. The Morgan fingerprint density at radius 3 is 2.15 bits per heavy atom. The van der Waals surface area contributed by atoms with Gasteiger partial charge in [0.05, 0.1) is 0 Å². The van der Waals surface area contributed by atoms with Crippen molar-refractivity contribution in [1.29, 1.82) is 0 Å². The Morgan fingerprint density at radius 1 is 1.20 bits per heavy atom. The molecule has 1 rings (SSSR count). The van der Waals surface area contributed by atoms with E-state index in [1.54, 1.807) is 0 Å². The van der Waals surface area contributed by atoms with Gasteiger partial charge in [-0.05, 0) is 43.4 Å². The molecule has 0 bridgehead atoms. The van der Waals surface area contributed by atoms with Gasteiger partial charge in [0.1, 0.15) is 0 Å². The number of hydrogen-bond donors (Lipinski definition) is 0. The number of rotatable bonds is 7. The molecule has 0 aromatic carbocycles. The highest BCUT2D eigenvalue weighted by molar-refractivity contribution is 6.56. The van der Waals surface area contributed by atoms with Gasteiger partial charge >= 0.3 is 0 Å². The second-order valence-corrected chi connectivity index (χ2v) is 8.43. The van der Waals surface area contributed by atoms with Crippen molar-refractivity contribution in [3.05, 3.63) is 0 Å². The van der Waals surface area contributed by atoms with Crippen LogP contribution in [0.5, 0.6) is 0 Å². The minimum Gasteiger partial charge on any atom is -0.300 e. The molecule has 0 aromatic rings. The van der Waals surface area contributed by atoms with E-state index < -0.39 is 4.33 Å². The van der Waals surface area contributed by atoms with Crippen LogP contribution >= 0.6 is 23.2 Å². The first-order chi connectivity index (χ1) is 9.29. The number of aldehydes is 1. The van der Waals surface area contributed by atoms with Crippen molar-refractivity contribution in [3.8, 4) is 0 Å². The molecule has 2 unspecified atom stereocenters.